The second kappa shape index (κ2) is 6.12. The molecule has 3 N–H and O–H groups in total. The van der Waals surface area contributed by atoms with Crippen molar-refractivity contribution in [2.45, 2.75) is 32.5 Å². The van der Waals surface area contributed by atoms with E-state index in [1.54, 1.807) is 4.90 Å². The quantitative estimate of drug-likeness (QED) is 0.895. The van der Waals surface area contributed by atoms with E-state index in [1.807, 2.05) is 0 Å². The molecule has 0 bridgehead atoms. The average Bonchev–Trinajstić information content (AvgIpc) is 2.45. The molecule has 1 aromatic heterocycles. The average molecular weight is 317 g/mol. The van der Waals surface area contributed by atoms with Gasteiger partial charge in [0, 0.05) is 25.2 Å². The second-order valence-electron chi connectivity index (χ2n) is 5.54. The largest absolute Gasteiger partial charge is 0.478 e. The molecule has 1 aliphatic heterocycles. The molecule has 2 heterocycles. The van der Waals surface area contributed by atoms with Gasteiger partial charge in [-0.05, 0) is 24.8 Å². The van der Waals surface area contributed by atoms with Gasteiger partial charge in [0.2, 0.25) is 0 Å². The number of aromatic carboxylic acids is 1. The molecule has 2 rings (SSSR count). The third-order valence-electron chi connectivity index (χ3n) is 3.88. The van der Waals surface area contributed by atoms with E-state index in [0.717, 1.165) is 18.9 Å². The highest BCUT2D eigenvalue weighted by Gasteiger charge is 2.39. The van der Waals surface area contributed by atoms with Gasteiger partial charge in [-0.3, -0.25) is 0 Å². The minimum Gasteiger partial charge on any atom is -0.478 e. The molecule has 8 heteroatoms. The predicted octanol–water partition coefficient (Wildman–Crippen LogP) is 2.49. The normalized spacial score (nSPS) is 16.9. The van der Waals surface area contributed by atoms with Crippen LogP contribution in [0.15, 0.2) is 6.07 Å². The van der Waals surface area contributed by atoms with E-state index in [2.05, 4.69) is 11.9 Å². The van der Waals surface area contributed by atoms with Crippen molar-refractivity contribution in [2.75, 3.05) is 18.0 Å². The number of aromatic nitrogens is 1. The lowest BCUT2D eigenvalue weighted by Gasteiger charge is -2.33. The number of carboxylic acids is 1. The molecule has 0 aliphatic carbocycles. The van der Waals surface area contributed by atoms with Gasteiger partial charge < -0.3 is 15.7 Å². The summed E-state index contributed by atoms with van der Waals surface area (Å²) < 4.78 is 39.2. The van der Waals surface area contributed by atoms with Crippen LogP contribution >= 0.6 is 0 Å². The van der Waals surface area contributed by atoms with Crippen LogP contribution in [-0.2, 0) is 12.7 Å². The number of nitrogens with two attached hydrogens (primary N) is 1. The van der Waals surface area contributed by atoms with Crippen molar-refractivity contribution in [2.24, 2.45) is 11.7 Å². The fraction of sp³-hybridized carbons (Fsp3) is 0.571. The van der Waals surface area contributed by atoms with Crippen molar-refractivity contribution in [1.29, 1.82) is 0 Å². The number of alkyl halides is 3. The highest BCUT2D eigenvalue weighted by Crippen LogP contribution is 2.34. The Morgan fingerprint density at radius 3 is 2.50 bits per heavy atom. The monoisotopic (exact) mass is 317 g/mol. The van der Waals surface area contributed by atoms with Crippen LogP contribution in [0.5, 0.6) is 0 Å². The topological polar surface area (TPSA) is 79.5 Å². The molecule has 0 atom stereocenters. The van der Waals surface area contributed by atoms with Crippen LogP contribution in [0.4, 0.5) is 19.0 Å². The van der Waals surface area contributed by atoms with Gasteiger partial charge in [0.25, 0.3) is 0 Å². The summed E-state index contributed by atoms with van der Waals surface area (Å²) in [6, 6.07) is 0.992. The zero-order valence-electron chi connectivity index (χ0n) is 12.2. The number of anilines is 1. The Morgan fingerprint density at radius 2 is 2.05 bits per heavy atom. The van der Waals surface area contributed by atoms with Crippen LogP contribution in [0.2, 0.25) is 0 Å². The minimum atomic E-state index is -4.82. The van der Waals surface area contributed by atoms with Crippen molar-refractivity contribution in [3.05, 3.63) is 22.9 Å². The van der Waals surface area contributed by atoms with Crippen molar-refractivity contribution < 1.29 is 23.1 Å². The fourth-order valence-corrected chi connectivity index (χ4v) is 2.57. The Morgan fingerprint density at radius 1 is 1.45 bits per heavy atom. The number of carboxylic acid groups (broad SMARTS) is 1. The number of piperidine rings is 1. The van der Waals surface area contributed by atoms with E-state index in [-0.39, 0.29) is 12.4 Å². The number of hydrogen-bond donors (Lipinski definition) is 2. The van der Waals surface area contributed by atoms with E-state index in [1.165, 1.54) is 0 Å². The summed E-state index contributed by atoms with van der Waals surface area (Å²) in [5, 5.41) is 8.99. The summed E-state index contributed by atoms with van der Waals surface area (Å²) in [5.74, 6) is -1.00. The number of pyridine rings is 1. The van der Waals surface area contributed by atoms with Gasteiger partial charge in [-0.15, -0.1) is 0 Å². The fourth-order valence-electron chi connectivity index (χ4n) is 2.57. The lowest BCUT2D eigenvalue weighted by Crippen LogP contribution is -2.35. The SMILES string of the molecule is CC1CCN(c2nc(C(F)(F)F)c(C(=O)O)cc2CN)CC1. The molecule has 1 fully saturated rings. The first-order valence-electron chi connectivity index (χ1n) is 7.03. The van der Waals surface area contributed by atoms with Crippen LogP contribution in [-0.4, -0.2) is 29.1 Å². The molecular formula is C14H18F3N3O2. The number of carbonyl (C=O) groups is 1. The zero-order valence-corrected chi connectivity index (χ0v) is 12.2. The Kier molecular flexibility index (Phi) is 4.60. The van der Waals surface area contributed by atoms with Gasteiger partial charge in [0.1, 0.15) is 5.82 Å². The van der Waals surface area contributed by atoms with Crippen LogP contribution in [0.3, 0.4) is 0 Å². The predicted molar refractivity (Wildman–Crippen MR) is 74.7 cm³/mol. The number of halogens is 3. The van der Waals surface area contributed by atoms with E-state index >= 15 is 0 Å². The first kappa shape index (κ1) is 16.5. The summed E-state index contributed by atoms with van der Waals surface area (Å²) in [7, 11) is 0. The van der Waals surface area contributed by atoms with Gasteiger partial charge in [0.05, 0.1) is 5.56 Å². The van der Waals surface area contributed by atoms with Crippen molar-refractivity contribution in [1.82, 2.24) is 4.98 Å². The van der Waals surface area contributed by atoms with Crippen molar-refractivity contribution in [3.63, 3.8) is 0 Å². The van der Waals surface area contributed by atoms with Gasteiger partial charge in [-0.25, -0.2) is 9.78 Å². The first-order valence-corrected chi connectivity index (χ1v) is 7.03. The Hall–Kier alpha value is -1.83. The number of nitrogens with zero attached hydrogens (tertiary/aromatic N) is 2. The van der Waals surface area contributed by atoms with Gasteiger partial charge >= 0.3 is 12.1 Å². The van der Waals surface area contributed by atoms with E-state index in [0.29, 0.717) is 24.6 Å². The Labute approximate surface area is 125 Å². The van der Waals surface area contributed by atoms with E-state index < -0.39 is 23.4 Å². The molecule has 1 aromatic rings. The Bertz CT molecular complexity index is 567. The van der Waals surface area contributed by atoms with Crippen LogP contribution in [0.1, 0.15) is 41.4 Å². The molecule has 0 saturated carbocycles. The maximum Gasteiger partial charge on any atom is 0.434 e. The summed E-state index contributed by atoms with van der Waals surface area (Å²) in [6.07, 6.45) is -3.11. The zero-order chi connectivity index (χ0) is 16.5. The van der Waals surface area contributed by atoms with E-state index in [4.69, 9.17) is 10.8 Å². The second-order valence-corrected chi connectivity index (χ2v) is 5.54. The number of rotatable bonds is 3. The Balaban J connectivity index is 2.51. The van der Waals surface area contributed by atoms with Crippen molar-refractivity contribution in [3.8, 4) is 0 Å². The molecule has 1 aliphatic rings. The smallest absolute Gasteiger partial charge is 0.434 e. The summed E-state index contributed by atoms with van der Waals surface area (Å²) in [4.78, 5) is 16.5. The van der Waals surface area contributed by atoms with Crippen LogP contribution in [0.25, 0.3) is 0 Å². The standard InChI is InChI=1S/C14H18F3N3O2/c1-8-2-4-20(5-3-8)12-9(7-18)6-10(13(21)22)11(19-12)14(15,16)17/h6,8H,2-5,7,18H2,1H3,(H,21,22). The molecular weight excluding hydrogens is 299 g/mol. The van der Waals surface area contributed by atoms with Crippen LogP contribution in [0, 0.1) is 5.92 Å². The van der Waals surface area contributed by atoms with E-state index in [9.17, 15) is 18.0 Å². The molecule has 0 unspecified atom stereocenters. The summed E-state index contributed by atoms with van der Waals surface area (Å²) in [6.45, 7) is 3.20. The summed E-state index contributed by atoms with van der Waals surface area (Å²) in [5.41, 5.74) is 3.66. The molecule has 0 radical (unpaired) electrons. The molecule has 0 amide bonds. The van der Waals surface area contributed by atoms with Gasteiger partial charge in [-0.1, -0.05) is 6.92 Å². The maximum atomic E-state index is 13.1. The molecule has 122 valence electrons. The van der Waals surface area contributed by atoms with Gasteiger partial charge in [-0.2, -0.15) is 13.2 Å². The lowest BCUT2D eigenvalue weighted by atomic mass is 9.98. The third-order valence-corrected chi connectivity index (χ3v) is 3.88. The molecule has 1 saturated heterocycles. The van der Waals surface area contributed by atoms with Gasteiger partial charge in [0.15, 0.2) is 5.69 Å². The van der Waals surface area contributed by atoms with Crippen LogP contribution < -0.4 is 10.6 Å². The minimum absolute atomic E-state index is 0.0627. The van der Waals surface area contributed by atoms with Crippen molar-refractivity contribution >= 4 is 11.8 Å². The first-order chi connectivity index (χ1) is 10.2. The lowest BCUT2D eigenvalue weighted by molar-refractivity contribution is -0.141. The summed E-state index contributed by atoms with van der Waals surface area (Å²) >= 11 is 0. The maximum absolute atomic E-state index is 13.1. The molecule has 0 aromatic carbocycles. The molecule has 22 heavy (non-hydrogen) atoms. The molecule has 5 nitrogen and oxygen atoms in total. The highest BCUT2D eigenvalue weighted by atomic mass is 19.4. The number of hydrogen-bond acceptors (Lipinski definition) is 4. The highest BCUT2D eigenvalue weighted by molar-refractivity contribution is 5.90. The molecule has 0 spiro atoms. The third kappa shape index (κ3) is 3.32.